The summed E-state index contributed by atoms with van der Waals surface area (Å²) in [5, 5.41) is 9.30. The van der Waals surface area contributed by atoms with Gasteiger partial charge in [-0.25, -0.2) is 18.4 Å². The van der Waals surface area contributed by atoms with Crippen molar-refractivity contribution >= 4 is 16.0 Å². The maximum absolute atomic E-state index is 12.4. The van der Waals surface area contributed by atoms with E-state index in [4.69, 9.17) is 5.73 Å². The highest BCUT2D eigenvalue weighted by molar-refractivity contribution is 7.89. The van der Waals surface area contributed by atoms with Crippen LogP contribution in [0.3, 0.4) is 0 Å². The van der Waals surface area contributed by atoms with Crippen molar-refractivity contribution in [2.24, 2.45) is 5.92 Å². The van der Waals surface area contributed by atoms with Crippen LogP contribution in [-0.4, -0.2) is 47.0 Å². The fourth-order valence-electron chi connectivity index (χ4n) is 2.14. The number of sulfonamides is 1. The van der Waals surface area contributed by atoms with Crippen LogP contribution in [0.2, 0.25) is 0 Å². The average Bonchev–Trinajstić information content (AvgIpc) is 2.71. The predicted molar refractivity (Wildman–Crippen MR) is 65.0 cm³/mol. The third kappa shape index (κ3) is 2.18. The van der Waals surface area contributed by atoms with E-state index in [1.807, 2.05) is 6.92 Å². The molecule has 0 saturated carbocycles. The molecule has 1 aromatic rings. The zero-order valence-corrected chi connectivity index (χ0v) is 10.8. The summed E-state index contributed by atoms with van der Waals surface area (Å²) in [6.07, 6.45) is 3.12. The first-order chi connectivity index (χ1) is 8.46. The van der Waals surface area contributed by atoms with E-state index in [0.29, 0.717) is 6.54 Å². The Kier molecular flexibility index (Phi) is 3.51. The third-order valence-corrected chi connectivity index (χ3v) is 5.15. The standard InChI is InChI=1S/C10H16N4O3S/c1-7-2-3-14(9(7)6-15)18(16,17)8-4-12-10(11)13-5-8/h4-5,7,9,15H,2-3,6H2,1H3,(H2,11,12,13). The summed E-state index contributed by atoms with van der Waals surface area (Å²) < 4.78 is 26.0. The first-order valence-corrected chi connectivity index (χ1v) is 7.11. The molecule has 1 aliphatic rings. The van der Waals surface area contributed by atoms with Gasteiger partial charge in [-0.05, 0) is 12.3 Å². The topological polar surface area (TPSA) is 109 Å². The molecule has 2 atom stereocenters. The van der Waals surface area contributed by atoms with Crippen molar-refractivity contribution in [1.82, 2.24) is 14.3 Å². The average molecular weight is 272 g/mol. The maximum atomic E-state index is 12.4. The normalized spacial score (nSPS) is 25.4. The second-order valence-electron chi connectivity index (χ2n) is 4.41. The highest BCUT2D eigenvalue weighted by Crippen LogP contribution is 2.29. The minimum absolute atomic E-state index is 0.00394. The van der Waals surface area contributed by atoms with Crippen LogP contribution in [0.4, 0.5) is 5.95 Å². The predicted octanol–water partition coefficient (Wildman–Crippen LogP) is -0.550. The molecule has 1 aromatic heterocycles. The number of hydrogen-bond donors (Lipinski definition) is 2. The summed E-state index contributed by atoms with van der Waals surface area (Å²) >= 11 is 0. The van der Waals surface area contributed by atoms with Crippen LogP contribution in [0.1, 0.15) is 13.3 Å². The van der Waals surface area contributed by atoms with Gasteiger partial charge in [0.25, 0.3) is 0 Å². The van der Waals surface area contributed by atoms with Crippen LogP contribution in [-0.2, 0) is 10.0 Å². The lowest BCUT2D eigenvalue weighted by atomic mass is 10.0. The van der Waals surface area contributed by atoms with E-state index in [1.54, 1.807) is 0 Å². The van der Waals surface area contributed by atoms with Crippen LogP contribution >= 0.6 is 0 Å². The van der Waals surface area contributed by atoms with E-state index < -0.39 is 10.0 Å². The molecular weight excluding hydrogens is 256 g/mol. The Morgan fingerprint density at radius 1 is 1.50 bits per heavy atom. The second-order valence-corrected chi connectivity index (χ2v) is 6.30. The fraction of sp³-hybridized carbons (Fsp3) is 0.600. The maximum Gasteiger partial charge on any atom is 0.246 e. The minimum Gasteiger partial charge on any atom is -0.395 e. The highest BCUT2D eigenvalue weighted by Gasteiger charge is 2.39. The molecule has 0 aliphatic carbocycles. The Balaban J connectivity index is 2.34. The van der Waals surface area contributed by atoms with Crippen molar-refractivity contribution in [3.63, 3.8) is 0 Å². The van der Waals surface area contributed by atoms with Gasteiger partial charge in [-0.3, -0.25) is 0 Å². The number of aliphatic hydroxyl groups is 1. The van der Waals surface area contributed by atoms with Gasteiger partial charge in [0.2, 0.25) is 16.0 Å². The zero-order valence-electron chi connectivity index (χ0n) is 10.0. The molecule has 1 saturated heterocycles. The van der Waals surface area contributed by atoms with Crippen molar-refractivity contribution in [3.8, 4) is 0 Å². The number of nitrogens with zero attached hydrogens (tertiary/aromatic N) is 3. The fourth-order valence-corrected chi connectivity index (χ4v) is 3.76. The quantitative estimate of drug-likeness (QED) is 0.764. The van der Waals surface area contributed by atoms with Crippen LogP contribution in [0, 0.1) is 5.92 Å². The number of aromatic nitrogens is 2. The molecule has 0 radical (unpaired) electrons. The first kappa shape index (κ1) is 13.2. The molecule has 0 aromatic carbocycles. The van der Waals surface area contributed by atoms with Gasteiger partial charge in [0, 0.05) is 6.54 Å². The van der Waals surface area contributed by atoms with Gasteiger partial charge in [-0.15, -0.1) is 0 Å². The molecule has 18 heavy (non-hydrogen) atoms. The summed E-state index contributed by atoms with van der Waals surface area (Å²) in [5.41, 5.74) is 5.33. The molecule has 2 unspecified atom stereocenters. The van der Waals surface area contributed by atoms with Crippen molar-refractivity contribution in [2.45, 2.75) is 24.3 Å². The molecule has 1 aliphatic heterocycles. The van der Waals surface area contributed by atoms with Gasteiger partial charge in [0.1, 0.15) is 4.90 Å². The number of hydrogen-bond acceptors (Lipinski definition) is 6. The van der Waals surface area contributed by atoms with Gasteiger partial charge in [0.15, 0.2) is 0 Å². The first-order valence-electron chi connectivity index (χ1n) is 5.67. The van der Waals surface area contributed by atoms with Gasteiger partial charge in [-0.2, -0.15) is 4.31 Å². The summed E-state index contributed by atoms with van der Waals surface area (Å²) in [6.45, 7) is 2.14. The van der Waals surface area contributed by atoms with E-state index in [1.165, 1.54) is 16.7 Å². The van der Waals surface area contributed by atoms with Crippen molar-refractivity contribution in [3.05, 3.63) is 12.4 Å². The Bertz CT molecular complexity index is 516. The summed E-state index contributed by atoms with van der Waals surface area (Å²) in [6, 6.07) is -0.382. The summed E-state index contributed by atoms with van der Waals surface area (Å²) in [4.78, 5) is 7.37. The molecule has 8 heteroatoms. The Morgan fingerprint density at radius 3 is 2.67 bits per heavy atom. The molecule has 7 nitrogen and oxygen atoms in total. The van der Waals surface area contributed by atoms with E-state index in [2.05, 4.69) is 9.97 Å². The largest absolute Gasteiger partial charge is 0.395 e. The lowest BCUT2D eigenvalue weighted by Gasteiger charge is -2.24. The molecule has 2 heterocycles. The van der Waals surface area contributed by atoms with E-state index in [-0.39, 0.29) is 29.4 Å². The molecule has 100 valence electrons. The third-order valence-electron chi connectivity index (χ3n) is 3.27. The van der Waals surface area contributed by atoms with Gasteiger partial charge >= 0.3 is 0 Å². The lowest BCUT2D eigenvalue weighted by Crippen LogP contribution is -2.39. The molecule has 3 N–H and O–H groups in total. The Hall–Kier alpha value is -1.25. The SMILES string of the molecule is CC1CCN(S(=O)(=O)c2cnc(N)nc2)C1CO. The monoisotopic (exact) mass is 272 g/mol. The number of nitrogen functional groups attached to an aromatic ring is 1. The van der Waals surface area contributed by atoms with Gasteiger partial charge in [-0.1, -0.05) is 6.92 Å². The van der Waals surface area contributed by atoms with Crippen molar-refractivity contribution in [1.29, 1.82) is 0 Å². The molecular formula is C10H16N4O3S. The second kappa shape index (κ2) is 4.79. The number of anilines is 1. The van der Waals surface area contributed by atoms with Crippen molar-refractivity contribution < 1.29 is 13.5 Å². The molecule has 0 spiro atoms. The number of nitrogens with two attached hydrogens (primary N) is 1. The molecule has 0 amide bonds. The molecule has 2 rings (SSSR count). The van der Waals surface area contributed by atoms with Gasteiger partial charge in [0.05, 0.1) is 25.0 Å². The van der Waals surface area contributed by atoms with Crippen LogP contribution in [0.25, 0.3) is 0 Å². The molecule has 1 fully saturated rings. The van der Waals surface area contributed by atoms with Crippen LogP contribution < -0.4 is 5.73 Å². The zero-order chi connectivity index (χ0) is 13.3. The van der Waals surface area contributed by atoms with Crippen LogP contribution in [0.5, 0.6) is 0 Å². The highest BCUT2D eigenvalue weighted by atomic mass is 32.2. The Labute approximate surface area is 106 Å². The Morgan fingerprint density at radius 2 is 2.11 bits per heavy atom. The summed E-state index contributed by atoms with van der Waals surface area (Å²) in [7, 11) is -3.66. The van der Waals surface area contributed by atoms with E-state index >= 15 is 0 Å². The summed E-state index contributed by atoms with van der Waals surface area (Å²) in [5.74, 6) is 0.168. The number of rotatable bonds is 3. The smallest absolute Gasteiger partial charge is 0.246 e. The van der Waals surface area contributed by atoms with E-state index in [0.717, 1.165) is 6.42 Å². The van der Waals surface area contributed by atoms with Crippen molar-refractivity contribution in [2.75, 3.05) is 18.9 Å². The lowest BCUT2D eigenvalue weighted by molar-refractivity contribution is 0.191. The van der Waals surface area contributed by atoms with Crippen LogP contribution in [0.15, 0.2) is 17.3 Å². The van der Waals surface area contributed by atoms with Gasteiger partial charge < -0.3 is 10.8 Å². The number of aliphatic hydroxyl groups excluding tert-OH is 1. The molecule has 0 bridgehead atoms. The van der Waals surface area contributed by atoms with E-state index in [9.17, 15) is 13.5 Å². The minimum atomic E-state index is -3.66.